The molecule has 0 aromatic heterocycles. The molecule has 0 aliphatic rings. The van der Waals surface area contributed by atoms with E-state index in [9.17, 15) is 4.79 Å². The van der Waals surface area contributed by atoms with Crippen LogP contribution in [0.25, 0.3) is 0 Å². The van der Waals surface area contributed by atoms with E-state index in [2.05, 4.69) is 0 Å². The first-order valence-electron chi connectivity index (χ1n) is 3.02. The van der Waals surface area contributed by atoms with E-state index in [1.807, 2.05) is 13.8 Å². The Hall–Kier alpha value is 0.690. The van der Waals surface area contributed by atoms with Crippen molar-refractivity contribution >= 4 is 43.7 Å². The minimum Gasteiger partial charge on any atom is -1.00 e. The van der Waals surface area contributed by atoms with Gasteiger partial charge in [-0.25, -0.2) is 0 Å². The van der Waals surface area contributed by atoms with Crippen molar-refractivity contribution in [3.8, 4) is 0 Å². The smallest absolute Gasteiger partial charge is 1.00 e. The van der Waals surface area contributed by atoms with Gasteiger partial charge in [0.25, 0.3) is 0 Å². The number of carboxylic acids is 1. The van der Waals surface area contributed by atoms with Crippen LogP contribution in [-0.4, -0.2) is 54.9 Å². The van der Waals surface area contributed by atoms with Gasteiger partial charge in [0.15, 0.2) is 0 Å². The fourth-order valence-corrected chi connectivity index (χ4v) is 0.609. The van der Waals surface area contributed by atoms with Crippen molar-refractivity contribution < 1.29 is 12.8 Å². The first-order chi connectivity index (χ1) is 4.04. The van der Waals surface area contributed by atoms with Crippen LogP contribution in [0.1, 0.15) is 23.1 Å². The van der Waals surface area contributed by atoms with Crippen LogP contribution in [0.3, 0.4) is 0 Å². The van der Waals surface area contributed by atoms with Gasteiger partial charge in [-0.2, -0.15) is 0 Å². The van der Waals surface area contributed by atoms with E-state index in [0.29, 0.717) is 12.3 Å². The molecule has 0 saturated carbocycles. The predicted octanol–water partition coefficient (Wildman–Crippen LogP) is 0.289. The van der Waals surface area contributed by atoms with E-state index < -0.39 is 12.0 Å². The van der Waals surface area contributed by atoms with Crippen molar-refractivity contribution in [2.45, 2.75) is 26.3 Å². The van der Waals surface area contributed by atoms with Crippen molar-refractivity contribution in [3.63, 3.8) is 0 Å². The molecule has 1 atom stereocenters. The van der Waals surface area contributed by atoms with Gasteiger partial charge >= 0.3 is 43.7 Å². The summed E-state index contributed by atoms with van der Waals surface area (Å²) in [4.78, 5) is 10.1. The summed E-state index contributed by atoms with van der Waals surface area (Å²) in [5.41, 5.74) is 5.22. The number of carboxylic acid groups (broad SMARTS) is 1. The summed E-state index contributed by atoms with van der Waals surface area (Å²) in [5, 5.41) is 8.31. The van der Waals surface area contributed by atoms with E-state index in [1.165, 1.54) is 0 Å². The van der Waals surface area contributed by atoms with Crippen molar-refractivity contribution in [1.29, 1.82) is 0 Å². The maximum absolute atomic E-state index is 10.1. The van der Waals surface area contributed by atoms with Crippen molar-refractivity contribution in [2.24, 2.45) is 11.7 Å². The molecule has 0 fully saturated rings. The van der Waals surface area contributed by atoms with E-state index in [0.717, 1.165) is 0 Å². The fraction of sp³-hybridized carbons (Fsp3) is 0.833. The molecule has 0 spiro atoms. The Morgan fingerprint density at radius 1 is 1.70 bits per heavy atom. The third-order valence-electron chi connectivity index (χ3n) is 1.04. The molecule has 58 valence electrons. The van der Waals surface area contributed by atoms with Gasteiger partial charge in [-0.3, -0.25) is 4.79 Å². The van der Waals surface area contributed by atoms with Gasteiger partial charge in [-0.05, 0) is 12.3 Å². The number of rotatable bonds is 3. The molecule has 3 N–H and O–H groups in total. The van der Waals surface area contributed by atoms with E-state index in [1.54, 1.807) is 0 Å². The maximum Gasteiger partial charge on any atom is 2.00 e. The zero-order valence-electron chi connectivity index (χ0n) is 8.50. The molecule has 4 heteroatoms. The van der Waals surface area contributed by atoms with Gasteiger partial charge in [0, 0.05) is 0 Å². The maximum atomic E-state index is 10.1. The van der Waals surface area contributed by atoms with Crippen LogP contribution in [-0.2, 0) is 4.79 Å². The van der Waals surface area contributed by atoms with Crippen LogP contribution in [0.2, 0.25) is 0 Å². The standard InChI is InChI=1S/C6H13NO2.Ca.2H/c1-4(2)3-5(7)6(8)9;;;/h4-5H,3,7H2,1-2H3,(H,8,9);;;/q;+2;2*-1/t5-;;;/m0.../s1. The summed E-state index contributed by atoms with van der Waals surface area (Å²) in [5.74, 6) is -0.556. The monoisotopic (exact) mass is 173 g/mol. The second-order valence-electron chi connectivity index (χ2n) is 2.57. The Morgan fingerprint density at radius 2 is 2.10 bits per heavy atom. The minimum absolute atomic E-state index is 0. The molecule has 0 aliphatic carbocycles. The number of nitrogens with two attached hydrogens (primary N) is 1. The summed E-state index contributed by atoms with van der Waals surface area (Å²) in [6, 6.07) is -0.690. The number of aliphatic carboxylic acids is 1. The summed E-state index contributed by atoms with van der Waals surface area (Å²) in [6.07, 6.45) is 0.551. The molecule has 0 aliphatic heterocycles. The second kappa shape index (κ2) is 6.40. The number of carbonyl (C=O) groups is 1. The molecular weight excluding hydrogens is 158 g/mol. The van der Waals surface area contributed by atoms with E-state index >= 15 is 0 Å². The molecule has 10 heavy (non-hydrogen) atoms. The predicted molar refractivity (Wildman–Crippen MR) is 43.0 cm³/mol. The van der Waals surface area contributed by atoms with Crippen LogP contribution < -0.4 is 5.73 Å². The summed E-state index contributed by atoms with van der Waals surface area (Å²) in [6.45, 7) is 3.89. The summed E-state index contributed by atoms with van der Waals surface area (Å²) < 4.78 is 0. The molecule has 0 aromatic carbocycles. The van der Waals surface area contributed by atoms with Gasteiger partial charge in [0.1, 0.15) is 6.04 Å². The Bertz CT molecular complexity index is 114. The van der Waals surface area contributed by atoms with Crippen LogP contribution in [0.15, 0.2) is 0 Å². The van der Waals surface area contributed by atoms with Crippen LogP contribution >= 0.6 is 0 Å². The van der Waals surface area contributed by atoms with Gasteiger partial charge in [0.2, 0.25) is 0 Å². The average Bonchev–Trinajstić information content (AvgIpc) is 1.63. The van der Waals surface area contributed by atoms with Gasteiger partial charge in [-0.1, -0.05) is 13.8 Å². The number of hydrogen-bond donors (Lipinski definition) is 2. The minimum atomic E-state index is -0.913. The third-order valence-corrected chi connectivity index (χ3v) is 1.04. The Balaban J connectivity index is -0.000000107. The Labute approximate surface area is 93.9 Å². The molecule has 0 radical (unpaired) electrons. The zero-order valence-corrected chi connectivity index (χ0v) is 8.71. The first-order valence-corrected chi connectivity index (χ1v) is 3.02. The van der Waals surface area contributed by atoms with Crippen molar-refractivity contribution in [3.05, 3.63) is 0 Å². The summed E-state index contributed by atoms with van der Waals surface area (Å²) >= 11 is 0. The first kappa shape index (κ1) is 13.3. The second-order valence-corrected chi connectivity index (χ2v) is 2.57. The zero-order chi connectivity index (χ0) is 7.44. The molecule has 0 amide bonds. The molecule has 0 bridgehead atoms. The summed E-state index contributed by atoms with van der Waals surface area (Å²) in [7, 11) is 0. The third kappa shape index (κ3) is 6.80. The molecular formula is C6H15CaNO2. The van der Waals surface area contributed by atoms with E-state index in [-0.39, 0.29) is 40.6 Å². The Morgan fingerprint density at radius 3 is 2.20 bits per heavy atom. The van der Waals surface area contributed by atoms with Gasteiger partial charge in [-0.15, -0.1) is 0 Å². The molecule has 0 saturated heterocycles. The van der Waals surface area contributed by atoms with Crippen LogP contribution in [0.5, 0.6) is 0 Å². The largest absolute Gasteiger partial charge is 2.00 e. The van der Waals surface area contributed by atoms with E-state index in [4.69, 9.17) is 10.8 Å². The van der Waals surface area contributed by atoms with Crippen molar-refractivity contribution in [2.75, 3.05) is 0 Å². The Kier molecular flexibility index (Phi) is 8.51. The normalized spacial score (nSPS) is 12.4. The molecule has 0 rings (SSSR count). The molecule has 3 nitrogen and oxygen atoms in total. The quantitative estimate of drug-likeness (QED) is 0.603. The number of hydrogen-bond acceptors (Lipinski definition) is 2. The van der Waals surface area contributed by atoms with Crippen LogP contribution in [0, 0.1) is 5.92 Å². The van der Waals surface area contributed by atoms with Gasteiger partial charge in [0.05, 0.1) is 0 Å². The fourth-order valence-electron chi connectivity index (χ4n) is 0.609. The topological polar surface area (TPSA) is 63.3 Å². The molecule has 0 heterocycles. The van der Waals surface area contributed by atoms with Crippen LogP contribution in [0.4, 0.5) is 0 Å². The van der Waals surface area contributed by atoms with Gasteiger partial charge < -0.3 is 13.7 Å². The van der Waals surface area contributed by atoms with Crippen molar-refractivity contribution in [1.82, 2.24) is 0 Å². The SMILES string of the molecule is CC(C)C[C@H](N)C(=O)O.[Ca+2].[H-].[H-]. The molecule has 0 aromatic rings. The average molecular weight is 173 g/mol. The molecule has 0 unspecified atom stereocenters.